The number of rotatable bonds is 4. The number of hydrogen-bond acceptors (Lipinski definition) is 3. The molecule has 132 valence electrons. The molecule has 1 amide bonds. The number of nitrogens with zero attached hydrogens (tertiary/aromatic N) is 1. The van der Waals surface area contributed by atoms with Crippen molar-refractivity contribution in [2.75, 3.05) is 10.6 Å². The number of benzene rings is 2. The second kappa shape index (κ2) is 7.26. The van der Waals surface area contributed by atoms with Crippen LogP contribution in [0.2, 0.25) is 0 Å². The number of pyridine rings is 1. The normalized spacial score (nSPS) is 11.0. The van der Waals surface area contributed by atoms with Crippen molar-refractivity contribution in [3.63, 3.8) is 0 Å². The molecule has 1 heterocycles. The number of halogens is 3. The highest BCUT2D eigenvalue weighted by molar-refractivity contribution is 6.05. The average Bonchev–Trinajstić information content (AvgIpc) is 2.63. The molecule has 0 radical (unpaired) electrons. The molecule has 0 atom stereocenters. The molecule has 0 saturated carbocycles. The average molecular weight is 357 g/mol. The van der Waals surface area contributed by atoms with Crippen molar-refractivity contribution < 1.29 is 18.0 Å². The van der Waals surface area contributed by atoms with Crippen LogP contribution in [0.5, 0.6) is 0 Å². The number of hydrogen-bond donors (Lipinski definition) is 2. The summed E-state index contributed by atoms with van der Waals surface area (Å²) in [7, 11) is 0. The van der Waals surface area contributed by atoms with Crippen LogP contribution < -0.4 is 10.6 Å². The Morgan fingerprint density at radius 2 is 1.54 bits per heavy atom. The Kier molecular flexibility index (Phi) is 4.88. The van der Waals surface area contributed by atoms with E-state index in [2.05, 4.69) is 15.6 Å². The molecule has 0 spiro atoms. The molecule has 0 aliphatic carbocycles. The maximum absolute atomic E-state index is 13.0. The zero-order valence-electron chi connectivity index (χ0n) is 13.4. The first-order valence-electron chi connectivity index (χ1n) is 7.69. The Balaban J connectivity index is 1.73. The standard InChI is InChI=1S/C19H14F3N3O/c20-19(21,22)16-9-5-4-8-15(16)18(26)25-14-10-11-17(23-12-14)24-13-6-2-1-3-7-13/h1-12H,(H,23,24)(H,25,26). The fourth-order valence-electron chi connectivity index (χ4n) is 2.34. The molecule has 26 heavy (non-hydrogen) atoms. The van der Waals surface area contributed by atoms with Crippen LogP contribution in [0.15, 0.2) is 72.9 Å². The first-order chi connectivity index (χ1) is 12.4. The number of amides is 1. The molecule has 0 bridgehead atoms. The molecular weight excluding hydrogens is 343 g/mol. The number of nitrogens with one attached hydrogen (secondary N) is 2. The summed E-state index contributed by atoms with van der Waals surface area (Å²) in [6.45, 7) is 0. The topological polar surface area (TPSA) is 54.0 Å². The SMILES string of the molecule is O=C(Nc1ccc(Nc2ccccc2)nc1)c1ccccc1C(F)(F)F. The number of carbonyl (C=O) groups is 1. The molecular formula is C19H14F3N3O. The Morgan fingerprint density at radius 1 is 0.846 bits per heavy atom. The van der Waals surface area contributed by atoms with Gasteiger partial charge in [0.1, 0.15) is 5.82 Å². The van der Waals surface area contributed by atoms with E-state index in [1.165, 1.54) is 18.3 Å². The van der Waals surface area contributed by atoms with Crippen LogP contribution in [0.4, 0.5) is 30.4 Å². The number of aromatic nitrogens is 1. The Bertz CT molecular complexity index is 894. The van der Waals surface area contributed by atoms with Crippen molar-refractivity contribution in [2.45, 2.75) is 6.18 Å². The molecule has 0 fully saturated rings. The summed E-state index contributed by atoms with van der Waals surface area (Å²) in [5.74, 6) is -0.298. The first kappa shape index (κ1) is 17.5. The van der Waals surface area contributed by atoms with E-state index in [0.29, 0.717) is 11.5 Å². The summed E-state index contributed by atoms with van der Waals surface area (Å²) in [5, 5.41) is 5.51. The van der Waals surface area contributed by atoms with Crippen LogP contribution in [-0.4, -0.2) is 10.9 Å². The van der Waals surface area contributed by atoms with E-state index in [1.807, 2.05) is 30.3 Å². The summed E-state index contributed by atoms with van der Waals surface area (Å²) < 4.78 is 39.0. The Labute approximate surface area is 147 Å². The van der Waals surface area contributed by atoms with Gasteiger partial charge < -0.3 is 10.6 Å². The molecule has 0 aliphatic heterocycles. The smallest absolute Gasteiger partial charge is 0.340 e. The van der Waals surface area contributed by atoms with Gasteiger partial charge in [0.25, 0.3) is 5.91 Å². The summed E-state index contributed by atoms with van der Waals surface area (Å²) in [4.78, 5) is 16.3. The molecule has 4 nitrogen and oxygen atoms in total. The highest BCUT2D eigenvalue weighted by Crippen LogP contribution is 2.32. The van der Waals surface area contributed by atoms with Crippen molar-refractivity contribution in [3.05, 3.63) is 84.1 Å². The van der Waals surface area contributed by atoms with Crippen LogP contribution in [-0.2, 0) is 6.18 Å². The predicted octanol–water partition coefficient (Wildman–Crippen LogP) is 5.10. The lowest BCUT2D eigenvalue weighted by Gasteiger charge is -2.13. The van der Waals surface area contributed by atoms with E-state index >= 15 is 0 Å². The zero-order chi connectivity index (χ0) is 18.6. The van der Waals surface area contributed by atoms with Gasteiger partial charge in [-0.2, -0.15) is 13.2 Å². The third kappa shape index (κ3) is 4.18. The number of carbonyl (C=O) groups excluding carboxylic acids is 1. The van der Waals surface area contributed by atoms with Crippen molar-refractivity contribution >= 4 is 23.1 Å². The maximum atomic E-state index is 13.0. The number of alkyl halides is 3. The molecule has 7 heteroatoms. The molecule has 0 unspecified atom stereocenters. The van der Waals surface area contributed by atoms with E-state index in [4.69, 9.17) is 0 Å². The minimum absolute atomic E-state index is 0.297. The second-order valence-electron chi connectivity index (χ2n) is 5.42. The summed E-state index contributed by atoms with van der Waals surface area (Å²) in [6.07, 6.45) is -3.23. The van der Waals surface area contributed by atoms with Crippen LogP contribution >= 0.6 is 0 Å². The summed E-state index contributed by atoms with van der Waals surface area (Å²) in [5.41, 5.74) is -0.277. The Hall–Kier alpha value is -3.35. The van der Waals surface area contributed by atoms with Crippen LogP contribution in [0.3, 0.4) is 0 Å². The lowest BCUT2D eigenvalue weighted by Crippen LogP contribution is -2.18. The van der Waals surface area contributed by atoms with E-state index < -0.39 is 23.2 Å². The molecule has 3 aromatic rings. The molecule has 2 aromatic carbocycles. The van der Waals surface area contributed by atoms with Gasteiger partial charge in [-0.05, 0) is 36.4 Å². The van der Waals surface area contributed by atoms with Gasteiger partial charge in [0.15, 0.2) is 0 Å². The van der Waals surface area contributed by atoms with Gasteiger partial charge in [-0.3, -0.25) is 4.79 Å². The molecule has 1 aromatic heterocycles. The number of para-hydroxylation sites is 1. The van der Waals surface area contributed by atoms with Gasteiger partial charge in [-0.1, -0.05) is 30.3 Å². The zero-order valence-corrected chi connectivity index (χ0v) is 13.4. The van der Waals surface area contributed by atoms with Crippen molar-refractivity contribution in [1.29, 1.82) is 0 Å². The Morgan fingerprint density at radius 3 is 2.19 bits per heavy atom. The van der Waals surface area contributed by atoms with Crippen LogP contribution in [0.25, 0.3) is 0 Å². The molecule has 3 rings (SSSR count). The largest absolute Gasteiger partial charge is 0.417 e. The van der Waals surface area contributed by atoms with Crippen molar-refractivity contribution in [3.8, 4) is 0 Å². The van der Waals surface area contributed by atoms with E-state index in [0.717, 1.165) is 17.8 Å². The lowest BCUT2D eigenvalue weighted by atomic mass is 10.1. The maximum Gasteiger partial charge on any atom is 0.417 e. The fourth-order valence-corrected chi connectivity index (χ4v) is 2.34. The van der Waals surface area contributed by atoms with Crippen LogP contribution in [0.1, 0.15) is 15.9 Å². The minimum Gasteiger partial charge on any atom is -0.340 e. The van der Waals surface area contributed by atoms with E-state index in [1.54, 1.807) is 12.1 Å². The molecule has 0 saturated heterocycles. The van der Waals surface area contributed by atoms with Gasteiger partial charge in [-0.15, -0.1) is 0 Å². The van der Waals surface area contributed by atoms with Gasteiger partial charge in [-0.25, -0.2) is 4.98 Å². The quantitative estimate of drug-likeness (QED) is 0.683. The van der Waals surface area contributed by atoms with Crippen molar-refractivity contribution in [2.24, 2.45) is 0 Å². The van der Waals surface area contributed by atoms with Gasteiger partial charge in [0.2, 0.25) is 0 Å². The third-order valence-electron chi connectivity index (χ3n) is 3.54. The number of anilines is 3. The van der Waals surface area contributed by atoms with Crippen LogP contribution in [0, 0.1) is 0 Å². The van der Waals surface area contributed by atoms with E-state index in [9.17, 15) is 18.0 Å². The first-order valence-corrected chi connectivity index (χ1v) is 7.69. The highest BCUT2D eigenvalue weighted by Gasteiger charge is 2.34. The van der Waals surface area contributed by atoms with Gasteiger partial charge in [0, 0.05) is 5.69 Å². The van der Waals surface area contributed by atoms with Gasteiger partial charge >= 0.3 is 6.18 Å². The van der Waals surface area contributed by atoms with Crippen molar-refractivity contribution in [1.82, 2.24) is 4.98 Å². The minimum atomic E-state index is -4.60. The van der Waals surface area contributed by atoms with Gasteiger partial charge in [0.05, 0.1) is 23.0 Å². The monoisotopic (exact) mass is 357 g/mol. The van der Waals surface area contributed by atoms with E-state index in [-0.39, 0.29) is 0 Å². The second-order valence-corrected chi connectivity index (χ2v) is 5.42. The summed E-state index contributed by atoms with van der Waals surface area (Å²) in [6, 6.07) is 17.2. The third-order valence-corrected chi connectivity index (χ3v) is 3.54. The lowest BCUT2D eigenvalue weighted by molar-refractivity contribution is -0.137. The molecule has 0 aliphatic rings. The fraction of sp³-hybridized carbons (Fsp3) is 0.0526. The summed E-state index contributed by atoms with van der Waals surface area (Å²) >= 11 is 0. The highest BCUT2D eigenvalue weighted by atomic mass is 19.4. The predicted molar refractivity (Wildman–Crippen MR) is 93.4 cm³/mol. The molecule has 2 N–H and O–H groups in total.